The van der Waals surface area contributed by atoms with Gasteiger partial charge in [-0.25, -0.2) is 0 Å². The lowest BCUT2D eigenvalue weighted by molar-refractivity contribution is 0.0963. The second kappa shape index (κ2) is 8.72. The smallest absolute Gasteiger partial charge is 0.251 e. The summed E-state index contributed by atoms with van der Waals surface area (Å²) in [4.78, 5) is 15.9. The Labute approximate surface area is 143 Å². The molecule has 1 amide bonds. The highest BCUT2D eigenvalue weighted by atomic mass is 16.1. The summed E-state index contributed by atoms with van der Waals surface area (Å²) in [5.74, 6) is 0.639. The van der Waals surface area contributed by atoms with Gasteiger partial charge in [0.1, 0.15) is 0 Å². The van der Waals surface area contributed by atoms with Crippen molar-refractivity contribution in [2.24, 2.45) is 4.99 Å². The maximum Gasteiger partial charge on any atom is 0.251 e. The largest absolute Gasteiger partial charge is 0.355 e. The Morgan fingerprint density at radius 3 is 2.29 bits per heavy atom. The topological polar surface area (TPSA) is 65.5 Å². The van der Waals surface area contributed by atoms with Crippen LogP contribution in [-0.4, -0.2) is 26.0 Å². The Morgan fingerprint density at radius 1 is 1.00 bits per heavy atom. The number of hydrogen-bond donors (Lipinski definition) is 3. The average Bonchev–Trinajstić information content (AvgIpc) is 2.63. The third-order valence-electron chi connectivity index (χ3n) is 3.68. The van der Waals surface area contributed by atoms with Crippen LogP contribution in [0.3, 0.4) is 0 Å². The predicted molar refractivity (Wildman–Crippen MR) is 98.0 cm³/mol. The summed E-state index contributed by atoms with van der Waals surface area (Å²) in [6.45, 7) is 3.38. The van der Waals surface area contributed by atoms with Crippen LogP contribution >= 0.6 is 0 Å². The Hall–Kier alpha value is -2.82. The quantitative estimate of drug-likeness (QED) is 0.584. The van der Waals surface area contributed by atoms with Crippen LogP contribution in [0.5, 0.6) is 0 Å². The summed E-state index contributed by atoms with van der Waals surface area (Å²) in [5.41, 5.74) is 4.12. The SMILES string of the molecule is CN=C(NCc1ccc(C)cc1)NCc1cccc(C(=O)NC)c1. The number of benzene rings is 2. The van der Waals surface area contributed by atoms with E-state index in [-0.39, 0.29) is 5.91 Å². The van der Waals surface area contributed by atoms with Crippen molar-refractivity contribution in [3.63, 3.8) is 0 Å². The van der Waals surface area contributed by atoms with Crippen molar-refractivity contribution in [3.8, 4) is 0 Å². The van der Waals surface area contributed by atoms with Gasteiger partial charge in [-0.3, -0.25) is 9.79 Å². The Bertz CT molecular complexity index is 708. The van der Waals surface area contributed by atoms with Crippen LogP contribution in [0.25, 0.3) is 0 Å². The summed E-state index contributed by atoms with van der Waals surface area (Å²) >= 11 is 0. The molecule has 0 aromatic heterocycles. The maximum atomic E-state index is 11.7. The van der Waals surface area contributed by atoms with Gasteiger partial charge in [-0.1, -0.05) is 42.0 Å². The predicted octanol–water partition coefficient (Wildman–Crippen LogP) is 2.22. The second-order valence-corrected chi connectivity index (χ2v) is 5.54. The fourth-order valence-electron chi connectivity index (χ4n) is 2.26. The van der Waals surface area contributed by atoms with Crippen molar-refractivity contribution in [2.45, 2.75) is 20.0 Å². The first kappa shape index (κ1) is 17.5. The highest BCUT2D eigenvalue weighted by Crippen LogP contribution is 2.05. The molecule has 0 spiro atoms. The fourth-order valence-corrected chi connectivity index (χ4v) is 2.26. The van der Waals surface area contributed by atoms with Gasteiger partial charge in [0.25, 0.3) is 5.91 Å². The van der Waals surface area contributed by atoms with Gasteiger partial charge in [0.2, 0.25) is 0 Å². The highest BCUT2D eigenvalue weighted by Gasteiger charge is 2.04. The van der Waals surface area contributed by atoms with Crippen molar-refractivity contribution in [1.82, 2.24) is 16.0 Å². The molecule has 5 nitrogen and oxygen atoms in total. The zero-order valence-corrected chi connectivity index (χ0v) is 14.4. The van der Waals surface area contributed by atoms with Gasteiger partial charge >= 0.3 is 0 Å². The van der Waals surface area contributed by atoms with E-state index in [0.717, 1.165) is 11.5 Å². The molecule has 0 saturated heterocycles. The van der Waals surface area contributed by atoms with Gasteiger partial charge < -0.3 is 16.0 Å². The number of nitrogens with zero attached hydrogens (tertiary/aromatic N) is 1. The molecule has 0 saturated carbocycles. The molecule has 0 heterocycles. The van der Waals surface area contributed by atoms with E-state index in [2.05, 4.69) is 52.1 Å². The zero-order chi connectivity index (χ0) is 17.4. The molecule has 5 heteroatoms. The number of carbonyl (C=O) groups is 1. The minimum absolute atomic E-state index is 0.0845. The molecule has 2 aromatic carbocycles. The Morgan fingerprint density at radius 2 is 1.67 bits per heavy atom. The molecule has 0 fully saturated rings. The monoisotopic (exact) mass is 324 g/mol. The average molecular weight is 324 g/mol. The number of aliphatic imine (C=N–C) groups is 1. The molecule has 2 rings (SSSR count). The first-order valence-electron chi connectivity index (χ1n) is 7.93. The summed E-state index contributed by atoms with van der Waals surface area (Å²) in [7, 11) is 3.37. The Balaban J connectivity index is 1.89. The highest BCUT2D eigenvalue weighted by molar-refractivity contribution is 5.94. The van der Waals surface area contributed by atoms with Gasteiger partial charge in [-0.05, 0) is 30.2 Å². The summed E-state index contributed by atoms with van der Waals surface area (Å²) in [5, 5.41) is 9.17. The van der Waals surface area contributed by atoms with Crippen molar-refractivity contribution in [1.29, 1.82) is 0 Å². The number of hydrogen-bond acceptors (Lipinski definition) is 2. The van der Waals surface area contributed by atoms with Crippen LogP contribution in [0, 0.1) is 6.92 Å². The third kappa shape index (κ3) is 5.12. The zero-order valence-electron chi connectivity index (χ0n) is 14.4. The van der Waals surface area contributed by atoms with Crippen molar-refractivity contribution < 1.29 is 4.79 Å². The Kier molecular flexibility index (Phi) is 6.37. The number of aryl methyl sites for hydroxylation is 1. The van der Waals surface area contributed by atoms with E-state index in [1.165, 1.54) is 11.1 Å². The van der Waals surface area contributed by atoms with E-state index in [1.807, 2.05) is 18.2 Å². The summed E-state index contributed by atoms with van der Waals surface area (Å²) < 4.78 is 0. The van der Waals surface area contributed by atoms with Gasteiger partial charge in [-0.2, -0.15) is 0 Å². The molecule has 0 aliphatic carbocycles. The van der Waals surface area contributed by atoms with E-state index >= 15 is 0 Å². The molecule has 0 aliphatic heterocycles. The lowest BCUT2D eigenvalue weighted by Gasteiger charge is -2.12. The minimum atomic E-state index is -0.0845. The maximum absolute atomic E-state index is 11.7. The normalized spacial score (nSPS) is 11.0. The number of amides is 1. The first-order valence-corrected chi connectivity index (χ1v) is 7.93. The summed E-state index contributed by atoms with van der Waals surface area (Å²) in [6.07, 6.45) is 0. The molecule has 2 aromatic rings. The van der Waals surface area contributed by atoms with Crippen molar-refractivity contribution >= 4 is 11.9 Å². The minimum Gasteiger partial charge on any atom is -0.355 e. The van der Waals surface area contributed by atoms with Crippen LogP contribution in [0.4, 0.5) is 0 Å². The number of nitrogens with one attached hydrogen (secondary N) is 3. The van der Waals surface area contributed by atoms with E-state index in [1.54, 1.807) is 20.2 Å². The third-order valence-corrected chi connectivity index (χ3v) is 3.68. The van der Waals surface area contributed by atoms with E-state index < -0.39 is 0 Å². The lowest BCUT2D eigenvalue weighted by Crippen LogP contribution is -2.36. The van der Waals surface area contributed by atoms with Gasteiger partial charge in [-0.15, -0.1) is 0 Å². The molecule has 3 N–H and O–H groups in total. The van der Waals surface area contributed by atoms with Gasteiger partial charge in [0.05, 0.1) is 0 Å². The van der Waals surface area contributed by atoms with E-state index in [4.69, 9.17) is 0 Å². The number of guanidine groups is 1. The fraction of sp³-hybridized carbons (Fsp3) is 0.263. The molecule has 0 unspecified atom stereocenters. The first-order chi connectivity index (χ1) is 11.6. The molecule has 24 heavy (non-hydrogen) atoms. The summed E-state index contributed by atoms with van der Waals surface area (Å²) in [6, 6.07) is 15.9. The van der Waals surface area contributed by atoms with E-state index in [0.29, 0.717) is 18.7 Å². The molecular formula is C19H24N4O. The van der Waals surface area contributed by atoms with Crippen LogP contribution < -0.4 is 16.0 Å². The van der Waals surface area contributed by atoms with E-state index in [9.17, 15) is 4.79 Å². The molecule has 0 bridgehead atoms. The molecule has 126 valence electrons. The van der Waals surface area contributed by atoms with Gasteiger partial charge in [0.15, 0.2) is 5.96 Å². The van der Waals surface area contributed by atoms with Crippen molar-refractivity contribution in [2.75, 3.05) is 14.1 Å². The number of rotatable bonds is 5. The van der Waals surface area contributed by atoms with Crippen LogP contribution in [0.1, 0.15) is 27.0 Å². The van der Waals surface area contributed by atoms with Gasteiger partial charge in [0, 0.05) is 32.7 Å². The molecule has 0 aliphatic rings. The molecule has 0 atom stereocenters. The van der Waals surface area contributed by atoms with Crippen LogP contribution in [0.2, 0.25) is 0 Å². The van der Waals surface area contributed by atoms with Crippen LogP contribution in [0.15, 0.2) is 53.5 Å². The second-order valence-electron chi connectivity index (χ2n) is 5.54. The molecular weight excluding hydrogens is 300 g/mol. The lowest BCUT2D eigenvalue weighted by atomic mass is 10.1. The standard InChI is InChI=1S/C19H24N4O/c1-14-7-9-15(10-8-14)12-22-19(21-3)23-13-16-5-4-6-17(11-16)18(24)20-2/h4-11H,12-13H2,1-3H3,(H,20,24)(H2,21,22,23). The number of carbonyl (C=O) groups excluding carboxylic acids is 1. The van der Waals surface area contributed by atoms with Crippen molar-refractivity contribution in [3.05, 3.63) is 70.8 Å². The molecule has 0 radical (unpaired) electrons. The van der Waals surface area contributed by atoms with Crippen LogP contribution in [-0.2, 0) is 13.1 Å².